The minimum absolute atomic E-state index is 0.116. The van der Waals surface area contributed by atoms with E-state index in [1.165, 1.54) is 38.5 Å². The van der Waals surface area contributed by atoms with Crippen molar-refractivity contribution in [2.75, 3.05) is 20.7 Å². The normalized spacial score (nSPS) is 18.9. The van der Waals surface area contributed by atoms with Gasteiger partial charge in [-0.05, 0) is 39.8 Å². The monoisotopic (exact) mass is 267 g/mol. The van der Waals surface area contributed by atoms with Crippen molar-refractivity contribution in [3.63, 3.8) is 0 Å². The molecule has 0 aliphatic heterocycles. The summed E-state index contributed by atoms with van der Waals surface area (Å²) < 4.78 is 5.10. The van der Waals surface area contributed by atoms with Crippen LogP contribution in [0, 0.1) is 5.92 Å². The quantitative estimate of drug-likeness (QED) is 0.523. The average molecular weight is 267 g/mol. The smallest absolute Gasteiger partial charge is 0.323 e. The molecule has 1 atom stereocenters. The average Bonchev–Trinajstić information content (AvgIpc) is 2.39. The summed E-state index contributed by atoms with van der Waals surface area (Å²) in [5.74, 6) is 0.750. The number of allylic oxidation sites excluding steroid dienone is 1. The van der Waals surface area contributed by atoms with Crippen LogP contribution in [0.15, 0.2) is 12.2 Å². The van der Waals surface area contributed by atoms with Crippen LogP contribution in [0.25, 0.3) is 0 Å². The van der Waals surface area contributed by atoms with Gasteiger partial charge in [-0.15, -0.1) is 0 Å². The van der Waals surface area contributed by atoms with Gasteiger partial charge >= 0.3 is 5.97 Å². The van der Waals surface area contributed by atoms with Gasteiger partial charge in [-0.2, -0.15) is 0 Å². The van der Waals surface area contributed by atoms with E-state index in [-0.39, 0.29) is 12.0 Å². The topological polar surface area (TPSA) is 29.5 Å². The molecule has 1 fully saturated rings. The molecule has 0 aromatic rings. The maximum absolute atomic E-state index is 11.8. The molecule has 0 aromatic carbocycles. The first-order chi connectivity index (χ1) is 9.15. The maximum atomic E-state index is 11.8. The van der Waals surface area contributed by atoms with Gasteiger partial charge in [0.25, 0.3) is 0 Å². The van der Waals surface area contributed by atoms with Crippen molar-refractivity contribution in [3.05, 3.63) is 12.2 Å². The fourth-order valence-corrected chi connectivity index (χ4v) is 2.69. The molecule has 0 N–H and O–H groups in total. The Bertz CT molecular complexity index is 280. The Morgan fingerprint density at radius 2 is 1.95 bits per heavy atom. The summed E-state index contributed by atoms with van der Waals surface area (Å²) in [5, 5.41) is 0. The summed E-state index contributed by atoms with van der Waals surface area (Å²) >= 11 is 0. The van der Waals surface area contributed by atoms with E-state index in [1.807, 2.05) is 25.9 Å². The van der Waals surface area contributed by atoms with Gasteiger partial charge in [-0.25, -0.2) is 0 Å². The van der Waals surface area contributed by atoms with Crippen LogP contribution in [0.2, 0.25) is 0 Å². The highest BCUT2D eigenvalue weighted by molar-refractivity contribution is 5.75. The lowest BCUT2D eigenvalue weighted by molar-refractivity contribution is -0.148. The van der Waals surface area contributed by atoms with Gasteiger partial charge in [0, 0.05) is 0 Å². The summed E-state index contributed by atoms with van der Waals surface area (Å²) in [5.41, 5.74) is 0. The molecule has 3 nitrogen and oxygen atoms in total. The zero-order valence-electron chi connectivity index (χ0n) is 12.7. The van der Waals surface area contributed by atoms with Gasteiger partial charge in [-0.1, -0.05) is 44.3 Å². The Kier molecular flexibility index (Phi) is 7.80. The number of esters is 1. The first-order valence-electron chi connectivity index (χ1n) is 7.63. The van der Waals surface area contributed by atoms with Crippen molar-refractivity contribution in [1.29, 1.82) is 0 Å². The first-order valence-corrected chi connectivity index (χ1v) is 7.63. The predicted molar refractivity (Wildman–Crippen MR) is 79.1 cm³/mol. The zero-order chi connectivity index (χ0) is 14.1. The van der Waals surface area contributed by atoms with E-state index in [0.717, 1.165) is 12.3 Å². The van der Waals surface area contributed by atoms with E-state index in [1.54, 1.807) is 0 Å². The second kappa shape index (κ2) is 9.13. The van der Waals surface area contributed by atoms with E-state index in [9.17, 15) is 4.79 Å². The minimum Gasteiger partial charge on any atom is -0.465 e. The number of ether oxygens (including phenoxy) is 1. The molecular formula is C16H29NO2. The van der Waals surface area contributed by atoms with Crippen molar-refractivity contribution in [2.45, 2.75) is 57.9 Å². The van der Waals surface area contributed by atoms with Crippen molar-refractivity contribution >= 4 is 5.97 Å². The number of nitrogens with zero attached hydrogens (tertiary/aromatic N) is 1. The van der Waals surface area contributed by atoms with Gasteiger partial charge < -0.3 is 4.74 Å². The predicted octanol–water partition coefficient (Wildman–Crippen LogP) is 3.40. The van der Waals surface area contributed by atoms with Gasteiger partial charge in [0.05, 0.1) is 6.61 Å². The second-order valence-corrected chi connectivity index (χ2v) is 5.68. The molecular weight excluding hydrogens is 238 g/mol. The van der Waals surface area contributed by atoms with E-state index in [0.29, 0.717) is 6.61 Å². The molecule has 0 saturated heterocycles. The van der Waals surface area contributed by atoms with Gasteiger partial charge in [0.15, 0.2) is 0 Å². The molecule has 1 aliphatic rings. The standard InChI is InChI=1S/C16H29NO2/c1-4-19-16(18)15(17(2)3)13-9-8-12-14-10-6-5-7-11-14/h8-9,14-15H,4-7,10-13H2,1-3H3/b9-8+. The molecule has 1 aliphatic carbocycles. The summed E-state index contributed by atoms with van der Waals surface area (Å²) in [6.45, 7) is 2.30. The molecule has 3 heteroatoms. The Morgan fingerprint density at radius 1 is 1.26 bits per heavy atom. The molecule has 19 heavy (non-hydrogen) atoms. The largest absolute Gasteiger partial charge is 0.465 e. The van der Waals surface area contributed by atoms with Gasteiger partial charge in [-0.3, -0.25) is 9.69 Å². The van der Waals surface area contributed by atoms with Crippen LogP contribution >= 0.6 is 0 Å². The summed E-state index contributed by atoms with van der Waals surface area (Å²) in [4.78, 5) is 13.7. The van der Waals surface area contributed by atoms with E-state index < -0.39 is 0 Å². The molecule has 0 spiro atoms. The van der Waals surface area contributed by atoms with Crippen molar-refractivity contribution < 1.29 is 9.53 Å². The second-order valence-electron chi connectivity index (χ2n) is 5.68. The molecule has 0 radical (unpaired) electrons. The molecule has 0 bridgehead atoms. The Hall–Kier alpha value is -0.830. The molecule has 1 rings (SSSR count). The fraction of sp³-hybridized carbons (Fsp3) is 0.812. The lowest BCUT2D eigenvalue weighted by Gasteiger charge is -2.21. The van der Waals surface area contributed by atoms with E-state index >= 15 is 0 Å². The summed E-state index contributed by atoms with van der Waals surface area (Å²) in [7, 11) is 3.85. The Morgan fingerprint density at radius 3 is 2.53 bits per heavy atom. The fourth-order valence-electron chi connectivity index (χ4n) is 2.69. The van der Waals surface area contributed by atoms with Crippen LogP contribution in [-0.2, 0) is 9.53 Å². The van der Waals surface area contributed by atoms with Gasteiger partial charge in [0.1, 0.15) is 6.04 Å². The molecule has 0 aromatic heterocycles. The highest BCUT2D eigenvalue weighted by Crippen LogP contribution is 2.26. The van der Waals surface area contributed by atoms with E-state index in [4.69, 9.17) is 4.74 Å². The van der Waals surface area contributed by atoms with Crippen molar-refractivity contribution in [3.8, 4) is 0 Å². The first kappa shape index (κ1) is 16.2. The Labute approximate surface area is 118 Å². The molecule has 0 amide bonds. The van der Waals surface area contributed by atoms with Crippen LogP contribution in [0.3, 0.4) is 0 Å². The highest BCUT2D eigenvalue weighted by Gasteiger charge is 2.20. The van der Waals surface area contributed by atoms with Crippen LogP contribution in [0.1, 0.15) is 51.9 Å². The highest BCUT2D eigenvalue weighted by atomic mass is 16.5. The summed E-state index contributed by atoms with van der Waals surface area (Å²) in [6, 6.07) is -0.150. The van der Waals surface area contributed by atoms with Crippen LogP contribution in [-0.4, -0.2) is 37.6 Å². The number of likely N-dealkylation sites (N-methyl/N-ethyl adjacent to an activating group) is 1. The lowest BCUT2D eigenvalue weighted by atomic mass is 9.87. The number of hydrogen-bond acceptors (Lipinski definition) is 3. The SMILES string of the molecule is CCOC(=O)C(C/C=C/CC1CCCCC1)N(C)C. The van der Waals surface area contributed by atoms with Gasteiger partial charge in [0.2, 0.25) is 0 Å². The van der Waals surface area contributed by atoms with Crippen molar-refractivity contribution in [1.82, 2.24) is 4.90 Å². The van der Waals surface area contributed by atoms with Crippen LogP contribution in [0.5, 0.6) is 0 Å². The molecule has 110 valence electrons. The number of carbonyl (C=O) groups excluding carboxylic acids is 1. The number of rotatable bonds is 7. The molecule has 0 heterocycles. The third-order valence-corrected chi connectivity index (χ3v) is 3.90. The van der Waals surface area contributed by atoms with Crippen LogP contribution in [0.4, 0.5) is 0 Å². The third kappa shape index (κ3) is 6.24. The molecule has 1 saturated carbocycles. The maximum Gasteiger partial charge on any atom is 0.323 e. The minimum atomic E-state index is -0.150. The number of carbonyl (C=O) groups is 1. The van der Waals surface area contributed by atoms with E-state index in [2.05, 4.69) is 12.2 Å². The van der Waals surface area contributed by atoms with Crippen LogP contribution < -0.4 is 0 Å². The molecule has 1 unspecified atom stereocenters. The lowest BCUT2D eigenvalue weighted by Crippen LogP contribution is -2.36. The number of hydrogen-bond donors (Lipinski definition) is 0. The van der Waals surface area contributed by atoms with Crippen molar-refractivity contribution in [2.24, 2.45) is 5.92 Å². The zero-order valence-corrected chi connectivity index (χ0v) is 12.7. The summed E-state index contributed by atoms with van der Waals surface area (Å²) in [6.07, 6.45) is 13.3. The Balaban J connectivity index is 2.31. The third-order valence-electron chi connectivity index (χ3n) is 3.90.